The van der Waals surface area contributed by atoms with E-state index in [0.717, 1.165) is 10.0 Å². The van der Waals surface area contributed by atoms with Crippen LogP contribution in [0.15, 0.2) is 73.0 Å². The van der Waals surface area contributed by atoms with E-state index in [1.54, 1.807) is 0 Å². The van der Waals surface area contributed by atoms with E-state index in [2.05, 4.69) is 4.74 Å². The van der Waals surface area contributed by atoms with Crippen LogP contribution in [0.4, 0.5) is 0 Å². The van der Waals surface area contributed by atoms with Crippen molar-refractivity contribution in [3.05, 3.63) is 78.6 Å². The Morgan fingerprint density at radius 3 is 2.30 bits per heavy atom. The Hall–Kier alpha value is -2.23. The van der Waals surface area contributed by atoms with Crippen molar-refractivity contribution >= 4 is 24.3 Å². The quantitative estimate of drug-likeness (QED) is 0.322. The molecule has 2 aromatic rings. The molecular formula is C18H18O4Se. The van der Waals surface area contributed by atoms with Gasteiger partial charge < -0.3 is 0 Å². The summed E-state index contributed by atoms with van der Waals surface area (Å²) < 4.78 is 23.6. The van der Waals surface area contributed by atoms with Gasteiger partial charge in [-0.3, -0.25) is 0 Å². The van der Waals surface area contributed by atoms with E-state index in [4.69, 9.17) is 4.74 Å². The Bertz CT molecular complexity index is 668. The predicted octanol–water partition coefficient (Wildman–Crippen LogP) is 2.76. The topological polar surface area (TPSA) is 52.6 Å². The number of carbonyl (C=O) groups excluding carboxylic acids is 1. The Morgan fingerprint density at radius 2 is 1.70 bits per heavy atom. The molecule has 5 heteroatoms. The van der Waals surface area contributed by atoms with Gasteiger partial charge in [0, 0.05) is 0 Å². The molecule has 0 heterocycles. The summed E-state index contributed by atoms with van der Waals surface area (Å²) in [4.78, 5) is 11.1. The second-order valence-corrected chi connectivity index (χ2v) is 7.82. The Morgan fingerprint density at radius 1 is 1.09 bits per heavy atom. The first-order chi connectivity index (χ1) is 11.2. The van der Waals surface area contributed by atoms with Gasteiger partial charge in [0.05, 0.1) is 0 Å². The monoisotopic (exact) mass is 378 g/mol. The molecule has 0 aliphatic carbocycles. The summed E-state index contributed by atoms with van der Waals surface area (Å²) in [6.45, 7) is 0. The minimum atomic E-state index is -2.24. The number of carbonyl (C=O) groups is 1. The van der Waals surface area contributed by atoms with Gasteiger partial charge in [-0.05, 0) is 0 Å². The summed E-state index contributed by atoms with van der Waals surface area (Å²) in [5, 5.41) is 0.388. The summed E-state index contributed by atoms with van der Waals surface area (Å²) in [6.07, 6.45) is 2.13. The first-order valence-corrected chi connectivity index (χ1v) is 9.85. The number of methoxy groups -OCH3 is 1. The molecule has 0 spiro atoms. The van der Waals surface area contributed by atoms with Gasteiger partial charge >= 0.3 is 139 Å². The normalized spacial score (nSPS) is 13.4. The molecule has 2 unspecified atom stereocenters. The molecule has 0 aliphatic heterocycles. The third-order valence-corrected chi connectivity index (χ3v) is 6.07. The van der Waals surface area contributed by atoms with E-state index in [1.165, 1.54) is 19.4 Å². The second-order valence-electron chi connectivity index (χ2n) is 4.69. The molecule has 2 rings (SSSR count). The van der Waals surface area contributed by atoms with Crippen molar-refractivity contribution in [3.63, 3.8) is 0 Å². The molecule has 0 bridgehead atoms. The number of hydrogen-bond acceptors (Lipinski definition) is 4. The first-order valence-electron chi connectivity index (χ1n) is 7.09. The van der Waals surface area contributed by atoms with Crippen molar-refractivity contribution < 1.29 is 18.1 Å². The van der Waals surface area contributed by atoms with Crippen molar-refractivity contribution in [2.75, 3.05) is 7.11 Å². The molecule has 23 heavy (non-hydrogen) atoms. The van der Waals surface area contributed by atoms with Crippen LogP contribution >= 0.6 is 0 Å². The second kappa shape index (κ2) is 9.03. The van der Waals surface area contributed by atoms with Gasteiger partial charge in [-0.1, -0.05) is 0 Å². The average molecular weight is 377 g/mol. The van der Waals surface area contributed by atoms with E-state index in [-0.39, 0.29) is 6.10 Å². The SMILES string of the molecule is COC(=O)/C=C/OC(C[Se](=O)c1ccccc1)c1ccccc1. The molecular weight excluding hydrogens is 359 g/mol. The number of rotatable bonds is 7. The summed E-state index contributed by atoms with van der Waals surface area (Å²) in [5.74, 6) is -0.491. The maximum atomic E-state index is 12.6. The molecule has 0 N–H and O–H groups in total. The first kappa shape index (κ1) is 17.1. The van der Waals surface area contributed by atoms with Gasteiger partial charge in [0.2, 0.25) is 0 Å². The van der Waals surface area contributed by atoms with Gasteiger partial charge in [0.1, 0.15) is 0 Å². The zero-order valence-corrected chi connectivity index (χ0v) is 14.5. The number of hydrogen-bond donors (Lipinski definition) is 0. The molecule has 4 nitrogen and oxygen atoms in total. The van der Waals surface area contributed by atoms with E-state index in [1.807, 2.05) is 60.7 Å². The maximum absolute atomic E-state index is 12.6. The standard InChI is InChI=1S/C18H18O4Se/c1-21-18(19)12-13-22-17(15-8-4-2-5-9-15)14-23(20)16-10-6-3-7-11-16/h2-13,17H,14H2,1H3/b13-12+. The van der Waals surface area contributed by atoms with Crippen LogP contribution in [-0.4, -0.2) is 26.9 Å². The van der Waals surface area contributed by atoms with Crippen molar-refractivity contribution in [2.24, 2.45) is 0 Å². The molecule has 0 amide bonds. The molecule has 0 saturated heterocycles. The van der Waals surface area contributed by atoms with Gasteiger partial charge in [0.15, 0.2) is 0 Å². The molecule has 0 fully saturated rings. The van der Waals surface area contributed by atoms with Crippen LogP contribution in [-0.2, 0) is 18.1 Å². The van der Waals surface area contributed by atoms with Gasteiger partial charge in [-0.2, -0.15) is 0 Å². The summed E-state index contributed by atoms with van der Waals surface area (Å²) in [7, 11) is 1.30. The van der Waals surface area contributed by atoms with Crippen LogP contribution in [0.1, 0.15) is 11.7 Å². The van der Waals surface area contributed by atoms with Gasteiger partial charge in [-0.25, -0.2) is 0 Å². The van der Waals surface area contributed by atoms with Crippen molar-refractivity contribution in [1.82, 2.24) is 0 Å². The number of ether oxygens (including phenoxy) is 2. The predicted molar refractivity (Wildman–Crippen MR) is 88.7 cm³/mol. The van der Waals surface area contributed by atoms with E-state index < -0.39 is 19.8 Å². The molecule has 0 saturated carbocycles. The number of esters is 1. The van der Waals surface area contributed by atoms with E-state index >= 15 is 0 Å². The molecule has 0 aromatic heterocycles. The van der Waals surface area contributed by atoms with Crippen LogP contribution < -0.4 is 4.46 Å². The van der Waals surface area contributed by atoms with E-state index in [0.29, 0.717) is 5.32 Å². The van der Waals surface area contributed by atoms with Crippen LogP contribution in [0.5, 0.6) is 0 Å². The molecule has 2 aromatic carbocycles. The summed E-state index contributed by atoms with van der Waals surface area (Å²) in [5.41, 5.74) is 0.919. The third-order valence-electron chi connectivity index (χ3n) is 3.13. The van der Waals surface area contributed by atoms with Crippen molar-refractivity contribution in [1.29, 1.82) is 0 Å². The Balaban J connectivity index is 2.12. The fourth-order valence-electron chi connectivity index (χ4n) is 1.95. The third kappa shape index (κ3) is 5.47. The summed E-state index contributed by atoms with van der Waals surface area (Å²) in [6, 6.07) is 18.9. The van der Waals surface area contributed by atoms with Crippen molar-refractivity contribution in [2.45, 2.75) is 11.4 Å². The van der Waals surface area contributed by atoms with Crippen molar-refractivity contribution in [3.8, 4) is 0 Å². The molecule has 120 valence electrons. The van der Waals surface area contributed by atoms with Crippen LogP contribution in [0.25, 0.3) is 0 Å². The van der Waals surface area contributed by atoms with Crippen LogP contribution in [0, 0.1) is 0 Å². The zero-order chi connectivity index (χ0) is 16.5. The Labute approximate surface area is 139 Å². The molecule has 0 radical (unpaired) electrons. The van der Waals surface area contributed by atoms with Gasteiger partial charge in [-0.15, -0.1) is 0 Å². The van der Waals surface area contributed by atoms with Gasteiger partial charge in [0.25, 0.3) is 0 Å². The minimum absolute atomic E-state index is 0.375. The van der Waals surface area contributed by atoms with E-state index in [9.17, 15) is 8.63 Å². The van der Waals surface area contributed by atoms with Crippen LogP contribution in [0.2, 0.25) is 5.32 Å². The molecule has 0 aliphatic rings. The molecule has 2 atom stereocenters. The summed E-state index contributed by atoms with van der Waals surface area (Å²) >= 11 is -2.24. The fourth-order valence-corrected chi connectivity index (χ4v) is 4.46. The fraction of sp³-hybridized carbons (Fsp3) is 0.167. The number of benzene rings is 2. The Kier molecular flexibility index (Phi) is 6.73. The average Bonchev–Trinajstić information content (AvgIpc) is 2.62. The van der Waals surface area contributed by atoms with Crippen LogP contribution in [0.3, 0.4) is 0 Å². The zero-order valence-electron chi connectivity index (χ0n) is 12.8.